The maximum absolute atomic E-state index is 6.17. The number of hydrogen-bond donors (Lipinski definition) is 1. The molecule has 0 amide bonds. The van der Waals surface area contributed by atoms with Gasteiger partial charge in [0.25, 0.3) is 0 Å². The smallest absolute Gasteiger partial charge is 0.0595 e. The molecule has 1 aliphatic carbocycles. The van der Waals surface area contributed by atoms with Crippen LogP contribution in [0.15, 0.2) is 42.5 Å². The Hall–Kier alpha value is -1.02. The summed E-state index contributed by atoms with van der Waals surface area (Å²) in [5.74, 6) is 0.408. The molecule has 0 saturated carbocycles. The standard InChI is InChI=1S/C17H17Cl2N/c1-20-17-9-7-12(13-4-2-3-5-14(13)17)11-6-8-15(18)16(19)10-11/h2-6,8,10,12,17,20H,7,9H2,1H3/t12-,17?/m0/s1. The summed E-state index contributed by atoms with van der Waals surface area (Å²) in [5.41, 5.74) is 4.05. The van der Waals surface area contributed by atoms with Crippen LogP contribution in [0, 0.1) is 0 Å². The predicted molar refractivity (Wildman–Crippen MR) is 85.8 cm³/mol. The van der Waals surface area contributed by atoms with Crippen molar-refractivity contribution in [3.63, 3.8) is 0 Å². The largest absolute Gasteiger partial charge is 0.313 e. The Labute approximate surface area is 129 Å². The average Bonchev–Trinajstić information content (AvgIpc) is 2.49. The number of fused-ring (bicyclic) bond motifs is 1. The lowest BCUT2D eigenvalue weighted by atomic mass is 9.77. The fraction of sp³-hybridized carbons (Fsp3) is 0.294. The third-order valence-electron chi connectivity index (χ3n) is 4.19. The molecule has 1 unspecified atom stereocenters. The van der Waals surface area contributed by atoms with Gasteiger partial charge in [0.2, 0.25) is 0 Å². The van der Waals surface area contributed by atoms with Crippen molar-refractivity contribution in [2.45, 2.75) is 24.8 Å². The predicted octanol–water partition coefficient (Wildman–Crippen LogP) is 5.18. The van der Waals surface area contributed by atoms with Crippen molar-refractivity contribution in [1.82, 2.24) is 5.32 Å². The van der Waals surface area contributed by atoms with E-state index in [0.29, 0.717) is 22.0 Å². The van der Waals surface area contributed by atoms with E-state index in [-0.39, 0.29) is 0 Å². The van der Waals surface area contributed by atoms with Crippen LogP contribution in [0.3, 0.4) is 0 Å². The zero-order valence-corrected chi connectivity index (χ0v) is 12.9. The van der Waals surface area contributed by atoms with Gasteiger partial charge in [0, 0.05) is 12.0 Å². The molecule has 1 nitrogen and oxygen atoms in total. The van der Waals surface area contributed by atoms with Crippen LogP contribution in [-0.4, -0.2) is 7.05 Å². The Morgan fingerprint density at radius 2 is 1.70 bits per heavy atom. The Morgan fingerprint density at radius 3 is 2.40 bits per heavy atom. The van der Waals surface area contributed by atoms with Gasteiger partial charge in [-0.05, 0) is 48.7 Å². The van der Waals surface area contributed by atoms with Crippen molar-refractivity contribution in [2.75, 3.05) is 7.05 Å². The van der Waals surface area contributed by atoms with Gasteiger partial charge < -0.3 is 5.32 Å². The van der Waals surface area contributed by atoms with Crippen molar-refractivity contribution in [1.29, 1.82) is 0 Å². The van der Waals surface area contributed by atoms with Crippen LogP contribution in [0.25, 0.3) is 0 Å². The van der Waals surface area contributed by atoms with Crippen LogP contribution in [0.4, 0.5) is 0 Å². The Morgan fingerprint density at radius 1 is 0.950 bits per heavy atom. The van der Waals surface area contributed by atoms with Gasteiger partial charge in [0.15, 0.2) is 0 Å². The summed E-state index contributed by atoms with van der Waals surface area (Å²) in [5, 5.41) is 4.66. The van der Waals surface area contributed by atoms with Crippen molar-refractivity contribution >= 4 is 23.2 Å². The van der Waals surface area contributed by atoms with Gasteiger partial charge in [-0.3, -0.25) is 0 Å². The minimum absolute atomic E-state index is 0.408. The quantitative estimate of drug-likeness (QED) is 0.806. The van der Waals surface area contributed by atoms with Gasteiger partial charge >= 0.3 is 0 Å². The second-order valence-corrected chi connectivity index (χ2v) is 6.09. The first kappa shape index (κ1) is 13.9. The highest BCUT2D eigenvalue weighted by atomic mass is 35.5. The maximum Gasteiger partial charge on any atom is 0.0595 e. The molecular weight excluding hydrogens is 289 g/mol. The zero-order chi connectivity index (χ0) is 14.1. The SMILES string of the molecule is CNC1CC[C@@H](c2ccc(Cl)c(Cl)c2)c2ccccc21. The molecule has 20 heavy (non-hydrogen) atoms. The topological polar surface area (TPSA) is 12.0 Å². The normalized spacial score (nSPS) is 21.6. The zero-order valence-electron chi connectivity index (χ0n) is 11.4. The molecule has 104 valence electrons. The molecule has 3 rings (SSSR count). The molecule has 0 heterocycles. The molecule has 0 radical (unpaired) electrons. The Bertz CT molecular complexity index is 624. The van der Waals surface area contributed by atoms with Crippen LogP contribution >= 0.6 is 23.2 Å². The van der Waals surface area contributed by atoms with Gasteiger partial charge in [0.05, 0.1) is 10.0 Å². The highest BCUT2D eigenvalue weighted by molar-refractivity contribution is 6.42. The van der Waals surface area contributed by atoms with E-state index in [2.05, 4.69) is 35.6 Å². The first-order valence-corrected chi connectivity index (χ1v) is 7.67. The van der Waals surface area contributed by atoms with E-state index < -0.39 is 0 Å². The van der Waals surface area contributed by atoms with Gasteiger partial charge in [-0.25, -0.2) is 0 Å². The van der Waals surface area contributed by atoms with Crippen LogP contribution in [0.2, 0.25) is 10.0 Å². The number of hydrogen-bond acceptors (Lipinski definition) is 1. The van der Waals surface area contributed by atoms with E-state index in [9.17, 15) is 0 Å². The van der Waals surface area contributed by atoms with E-state index in [1.54, 1.807) is 0 Å². The summed E-state index contributed by atoms with van der Waals surface area (Å²) in [6.07, 6.45) is 2.26. The lowest BCUT2D eigenvalue weighted by Crippen LogP contribution is -2.24. The second-order valence-electron chi connectivity index (χ2n) is 5.27. The molecule has 0 bridgehead atoms. The Kier molecular flexibility index (Phi) is 4.02. The highest BCUT2D eigenvalue weighted by Crippen LogP contribution is 2.42. The van der Waals surface area contributed by atoms with Crippen LogP contribution < -0.4 is 5.32 Å². The summed E-state index contributed by atoms with van der Waals surface area (Å²) < 4.78 is 0. The number of halogens is 2. The number of rotatable bonds is 2. The molecule has 2 aromatic rings. The first-order chi connectivity index (χ1) is 9.70. The molecule has 1 aliphatic rings. The number of benzene rings is 2. The molecule has 2 aromatic carbocycles. The van der Waals surface area contributed by atoms with Crippen molar-refractivity contribution in [2.24, 2.45) is 0 Å². The lowest BCUT2D eigenvalue weighted by Gasteiger charge is -2.32. The monoisotopic (exact) mass is 305 g/mol. The van der Waals surface area contributed by atoms with Gasteiger partial charge in [0.1, 0.15) is 0 Å². The second kappa shape index (κ2) is 5.77. The summed E-state index contributed by atoms with van der Waals surface area (Å²) >= 11 is 12.2. The molecule has 0 spiro atoms. The van der Waals surface area contributed by atoms with Crippen molar-refractivity contribution in [3.8, 4) is 0 Å². The van der Waals surface area contributed by atoms with E-state index in [0.717, 1.165) is 12.8 Å². The third-order valence-corrected chi connectivity index (χ3v) is 4.92. The van der Waals surface area contributed by atoms with E-state index in [1.807, 2.05) is 19.2 Å². The van der Waals surface area contributed by atoms with Crippen LogP contribution in [0.5, 0.6) is 0 Å². The lowest BCUT2D eigenvalue weighted by molar-refractivity contribution is 0.471. The molecule has 1 N–H and O–H groups in total. The van der Waals surface area contributed by atoms with Crippen molar-refractivity contribution in [3.05, 3.63) is 69.2 Å². The molecular formula is C17H17Cl2N. The van der Waals surface area contributed by atoms with Gasteiger partial charge in [-0.15, -0.1) is 0 Å². The maximum atomic E-state index is 6.17. The molecule has 0 aromatic heterocycles. The summed E-state index contributed by atoms with van der Waals surface area (Å²) in [4.78, 5) is 0. The minimum atomic E-state index is 0.408. The fourth-order valence-corrected chi connectivity index (χ4v) is 3.47. The van der Waals surface area contributed by atoms with Crippen molar-refractivity contribution < 1.29 is 0 Å². The van der Waals surface area contributed by atoms with E-state index in [1.165, 1.54) is 16.7 Å². The first-order valence-electron chi connectivity index (χ1n) is 6.91. The minimum Gasteiger partial charge on any atom is -0.313 e. The molecule has 0 saturated heterocycles. The van der Waals surface area contributed by atoms with E-state index >= 15 is 0 Å². The Balaban J connectivity index is 2.05. The fourth-order valence-electron chi connectivity index (χ4n) is 3.17. The third kappa shape index (κ3) is 2.46. The molecule has 0 aliphatic heterocycles. The number of nitrogens with one attached hydrogen (secondary N) is 1. The molecule has 0 fully saturated rings. The molecule has 3 heteroatoms. The summed E-state index contributed by atoms with van der Waals surface area (Å²) in [6, 6.07) is 15.1. The van der Waals surface area contributed by atoms with Gasteiger partial charge in [-0.2, -0.15) is 0 Å². The van der Waals surface area contributed by atoms with Gasteiger partial charge in [-0.1, -0.05) is 53.5 Å². The summed E-state index contributed by atoms with van der Waals surface area (Å²) in [7, 11) is 2.03. The highest BCUT2D eigenvalue weighted by Gasteiger charge is 2.27. The van der Waals surface area contributed by atoms with Crippen LogP contribution in [0.1, 0.15) is 41.5 Å². The summed E-state index contributed by atoms with van der Waals surface area (Å²) in [6.45, 7) is 0. The molecule has 2 atom stereocenters. The van der Waals surface area contributed by atoms with E-state index in [4.69, 9.17) is 23.2 Å². The average molecular weight is 306 g/mol. The van der Waals surface area contributed by atoms with Crippen LogP contribution in [-0.2, 0) is 0 Å².